The molecule has 152 valence electrons. The van der Waals surface area contributed by atoms with Crippen LogP contribution >= 0.6 is 24.0 Å². The third-order valence-corrected chi connectivity index (χ3v) is 4.70. The first kappa shape index (κ1) is 23.7. The lowest BCUT2D eigenvalue weighted by Gasteiger charge is -2.17. The molecule has 0 spiro atoms. The van der Waals surface area contributed by atoms with E-state index in [4.69, 9.17) is 0 Å². The Kier molecular flexibility index (Phi) is 11.3. The van der Waals surface area contributed by atoms with E-state index in [1.807, 2.05) is 6.92 Å². The number of amides is 1. The number of guanidine groups is 1. The number of carbonyl (C=O) groups is 1. The molecule has 0 radical (unpaired) electrons. The van der Waals surface area contributed by atoms with Gasteiger partial charge in [-0.15, -0.1) is 24.0 Å². The van der Waals surface area contributed by atoms with Gasteiger partial charge >= 0.3 is 0 Å². The molecule has 1 atom stereocenters. The minimum Gasteiger partial charge on any atom is -0.357 e. The Morgan fingerprint density at radius 1 is 1.26 bits per heavy atom. The van der Waals surface area contributed by atoms with Crippen molar-refractivity contribution < 1.29 is 4.79 Å². The Morgan fingerprint density at radius 3 is 2.67 bits per heavy atom. The molecule has 1 aliphatic heterocycles. The molecule has 2 N–H and O–H groups in total. The topological polar surface area (TPSA) is 60.0 Å². The van der Waals surface area contributed by atoms with E-state index in [0.717, 1.165) is 45.1 Å². The summed E-state index contributed by atoms with van der Waals surface area (Å²) in [5, 5.41) is 6.61. The normalized spacial score (nSPS) is 17.3. The van der Waals surface area contributed by atoms with Crippen LogP contribution in [0, 0.1) is 5.92 Å². The standard InChI is InChI=1S/C20H33N5O.HI/c1-4-21-20(23-15-19(26)24(2)3)22-14-18-11-13-25(16-18)12-10-17-8-6-5-7-9-17;/h5-9,18H,4,10-16H2,1-3H3,(H2,21,22,23);1H. The lowest BCUT2D eigenvalue weighted by atomic mass is 10.1. The number of rotatable bonds is 8. The highest BCUT2D eigenvalue weighted by Crippen LogP contribution is 2.15. The van der Waals surface area contributed by atoms with Crippen molar-refractivity contribution in [3.63, 3.8) is 0 Å². The summed E-state index contributed by atoms with van der Waals surface area (Å²) in [5.74, 6) is 1.36. The predicted octanol–water partition coefficient (Wildman–Crippen LogP) is 1.81. The van der Waals surface area contributed by atoms with Crippen molar-refractivity contribution in [2.24, 2.45) is 10.9 Å². The maximum Gasteiger partial charge on any atom is 0.243 e. The fourth-order valence-electron chi connectivity index (χ4n) is 3.09. The molecule has 0 bridgehead atoms. The molecule has 1 fully saturated rings. The number of aliphatic imine (C=N–C) groups is 1. The number of benzene rings is 1. The highest BCUT2D eigenvalue weighted by Gasteiger charge is 2.22. The van der Waals surface area contributed by atoms with Gasteiger partial charge in [0.1, 0.15) is 6.54 Å². The highest BCUT2D eigenvalue weighted by atomic mass is 127. The van der Waals surface area contributed by atoms with Crippen LogP contribution in [0.15, 0.2) is 35.3 Å². The van der Waals surface area contributed by atoms with Crippen molar-refractivity contribution in [1.29, 1.82) is 0 Å². The molecular formula is C20H34IN5O. The molecule has 6 nitrogen and oxygen atoms in total. The van der Waals surface area contributed by atoms with Crippen LogP contribution in [0.4, 0.5) is 0 Å². The third-order valence-electron chi connectivity index (χ3n) is 4.70. The largest absolute Gasteiger partial charge is 0.357 e. The van der Waals surface area contributed by atoms with Crippen molar-refractivity contribution >= 4 is 35.8 Å². The molecule has 1 aromatic rings. The summed E-state index contributed by atoms with van der Waals surface area (Å²) in [4.78, 5) is 20.2. The predicted molar refractivity (Wildman–Crippen MR) is 123 cm³/mol. The molecule has 27 heavy (non-hydrogen) atoms. The van der Waals surface area contributed by atoms with Gasteiger partial charge in [-0.25, -0.2) is 4.99 Å². The second kappa shape index (κ2) is 12.9. The molecule has 0 aliphatic carbocycles. The molecule has 1 unspecified atom stereocenters. The zero-order chi connectivity index (χ0) is 18.8. The van der Waals surface area contributed by atoms with E-state index in [-0.39, 0.29) is 36.4 Å². The van der Waals surface area contributed by atoms with Gasteiger partial charge in [0.05, 0.1) is 0 Å². The first-order chi connectivity index (χ1) is 12.6. The van der Waals surface area contributed by atoms with Crippen molar-refractivity contribution in [2.45, 2.75) is 19.8 Å². The quantitative estimate of drug-likeness (QED) is 0.334. The maximum atomic E-state index is 11.7. The van der Waals surface area contributed by atoms with E-state index in [0.29, 0.717) is 5.92 Å². The molecule has 0 saturated carbocycles. The number of nitrogens with one attached hydrogen (secondary N) is 2. The van der Waals surface area contributed by atoms with Crippen LogP contribution in [0.5, 0.6) is 0 Å². The molecule has 2 rings (SSSR count). The summed E-state index contributed by atoms with van der Waals surface area (Å²) >= 11 is 0. The SMILES string of the molecule is CCNC(=NCC(=O)N(C)C)NCC1CCN(CCc2ccccc2)C1.I. The summed E-state index contributed by atoms with van der Waals surface area (Å²) < 4.78 is 0. The average molecular weight is 487 g/mol. The number of halogens is 1. The van der Waals surface area contributed by atoms with Gasteiger partial charge in [-0.2, -0.15) is 0 Å². The summed E-state index contributed by atoms with van der Waals surface area (Å²) in [5.41, 5.74) is 1.40. The minimum atomic E-state index is 0. The van der Waals surface area contributed by atoms with Crippen LogP contribution in [-0.4, -0.2) is 75.0 Å². The first-order valence-corrected chi connectivity index (χ1v) is 9.57. The smallest absolute Gasteiger partial charge is 0.243 e. The average Bonchev–Trinajstić information content (AvgIpc) is 3.10. The summed E-state index contributed by atoms with van der Waals surface area (Å²) in [7, 11) is 3.50. The number of hydrogen-bond acceptors (Lipinski definition) is 3. The van der Waals surface area contributed by atoms with E-state index < -0.39 is 0 Å². The second-order valence-electron chi connectivity index (χ2n) is 7.06. The van der Waals surface area contributed by atoms with Crippen LogP contribution in [0.2, 0.25) is 0 Å². The molecule has 7 heteroatoms. The van der Waals surface area contributed by atoms with Gasteiger partial charge in [-0.1, -0.05) is 30.3 Å². The summed E-state index contributed by atoms with van der Waals surface area (Å²) in [6, 6.07) is 10.7. The maximum absolute atomic E-state index is 11.7. The van der Waals surface area contributed by atoms with Crippen LogP contribution in [0.3, 0.4) is 0 Å². The Balaban J connectivity index is 0.00000364. The van der Waals surface area contributed by atoms with Crippen molar-refractivity contribution in [3.05, 3.63) is 35.9 Å². The number of hydrogen-bond donors (Lipinski definition) is 2. The molecule has 0 aromatic heterocycles. The van der Waals surface area contributed by atoms with E-state index in [2.05, 4.69) is 50.9 Å². The van der Waals surface area contributed by atoms with Crippen LogP contribution in [-0.2, 0) is 11.2 Å². The summed E-state index contributed by atoms with van der Waals surface area (Å²) in [6.07, 6.45) is 2.32. The molecular weight excluding hydrogens is 453 g/mol. The lowest BCUT2D eigenvalue weighted by Crippen LogP contribution is -2.41. The Morgan fingerprint density at radius 2 is 2.00 bits per heavy atom. The van der Waals surface area contributed by atoms with E-state index >= 15 is 0 Å². The van der Waals surface area contributed by atoms with Crippen LogP contribution in [0.1, 0.15) is 18.9 Å². The second-order valence-corrected chi connectivity index (χ2v) is 7.06. The fraction of sp³-hybridized carbons (Fsp3) is 0.600. The van der Waals surface area contributed by atoms with Crippen molar-refractivity contribution in [2.75, 3.05) is 53.4 Å². The Hall–Kier alpha value is -1.35. The zero-order valence-electron chi connectivity index (χ0n) is 16.8. The van der Waals surface area contributed by atoms with Gasteiger partial charge in [-0.3, -0.25) is 4.79 Å². The van der Waals surface area contributed by atoms with Crippen molar-refractivity contribution in [1.82, 2.24) is 20.4 Å². The Bertz CT molecular complexity index is 579. The van der Waals surface area contributed by atoms with Crippen LogP contribution in [0.25, 0.3) is 0 Å². The van der Waals surface area contributed by atoms with Crippen LogP contribution < -0.4 is 10.6 Å². The van der Waals surface area contributed by atoms with Gasteiger partial charge in [0.15, 0.2) is 5.96 Å². The summed E-state index contributed by atoms with van der Waals surface area (Å²) in [6.45, 7) is 7.29. The van der Waals surface area contributed by atoms with E-state index in [9.17, 15) is 4.79 Å². The lowest BCUT2D eigenvalue weighted by molar-refractivity contribution is -0.127. The monoisotopic (exact) mass is 487 g/mol. The third kappa shape index (κ3) is 8.92. The molecule has 1 heterocycles. The first-order valence-electron chi connectivity index (χ1n) is 9.57. The molecule has 1 aliphatic rings. The van der Waals surface area contributed by atoms with E-state index in [1.165, 1.54) is 12.0 Å². The molecule has 1 amide bonds. The van der Waals surface area contributed by atoms with Gasteiger partial charge in [0, 0.05) is 40.3 Å². The number of likely N-dealkylation sites (N-methyl/N-ethyl adjacent to an activating group) is 1. The number of likely N-dealkylation sites (tertiary alicyclic amines) is 1. The highest BCUT2D eigenvalue weighted by molar-refractivity contribution is 14.0. The number of carbonyl (C=O) groups excluding carboxylic acids is 1. The van der Waals surface area contributed by atoms with Gasteiger partial charge < -0.3 is 20.4 Å². The minimum absolute atomic E-state index is 0. The van der Waals surface area contributed by atoms with Gasteiger partial charge in [0.25, 0.3) is 0 Å². The molecule has 1 aromatic carbocycles. The van der Waals surface area contributed by atoms with Gasteiger partial charge in [-0.05, 0) is 37.8 Å². The fourth-order valence-corrected chi connectivity index (χ4v) is 3.09. The zero-order valence-corrected chi connectivity index (χ0v) is 19.1. The Labute approximate surface area is 180 Å². The molecule has 1 saturated heterocycles. The van der Waals surface area contributed by atoms with E-state index in [1.54, 1.807) is 19.0 Å². The van der Waals surface area contributed by atoms with Crippen molar-refractivity contribution in [3.8, 4) is 0 Å². The number of nitrogens with zero attached hydrogens (tertiary/aromatic N) is 3. The van der Waals surface area contributed by atoms with Gasteiger partial charge in [0.2, 0.25) is 5.91 Å².